The molecule has 0 bridgehead atoms. The Morgan fingerprint density at radius 1 is 1.28 bits per heavy atom. The molecular formula is C21H24N4O4. The molecule has 1 atom stereocenters. The van der Waals surface area contributed by atoms with E-state index in [0.717, 1.165) is 24.2 Å². The first-order valence-corrected chi connectivity index (χ1v) is 9.87. The quantitative estimate of drug-likeness (QED) is 0.808. The lowest BCUT2D eigenvalue weighted by Crippen LogP contribution is -2.42. The number of aromatic nitrogens is 2. The predicted molar refractivity (Wildman–Crippen MR) is 106 cm³/mol. The molecule has 0 saturated carbocycles. The van der Waals surface area contributed by atoms with Crippen LogP contribution in [0.4, 0.5) is 0 Å². The Morgan fingerprint density at radius 3 is 2.76 bits per heavy atom. The molecule has 0 spiro atoms. The van der Waals surface area contributed by atoms with E-state index in [1.54, 1.807) is 4.90 Å². The van der Waals surface area contributed by atoms with Gasteiger partial charge in [0.15, 0.2) is 5.69 Å². The first-order valence-electron chi connectivity index (χ1n) is 9.87. The molecule has 0 aliphatic carbocycles. The lowest BCUT2D eigenvalue weighted by molar-refractivity contribution is -0.143. The number of rotatable bonds is 6. The number of carboxylic acids is 1. The molecule has 4 rings (SSSR count). The van der Waals surface area contributed by atoms with Crippen LogP contribution in [-0.2, 0) is 35.6 Å². The summed E-state index contributed by atoms with van der Waals surface area (Å²) in [6.07, 6.45) is 2.23. The largest absolute Gasteiger partial charge is 0.476 e. The molecule has 2 aromatic rings. The van der Waals surface area contributed by atoms with Crippen LogP contribution in [-0.4, -0.2) is 50.0 Å². The molecule has 29 heavy (non-hydrogen) atoms. The molecule has 3 heterocycles. The van der Waals surface area contributed by atoms with E-state index >= 15 is 0 Å². The van der Waals surface area contributed by atoms with Crippen molar-refractivity contribution in [2.75, 3.05) is 6.54 Å². The van der Waals surface area contributed by atoms with Crippen LogP contribution >= 0.6 is 0 Å². The average molecular weight is 396 g/mol. The van der Waals surface area contributed by atoms with E-state index in [9.17, 15) is 14.7 Å². The Bertz CT molecular complexity index is 951. The first kappa shape index (κ1) is 19.2. The zero-order valence-corrected chi connectivity index (χ0v) is 16.4. The summed E-state index contributed by atoms with van der Waals surface area (Å²) in [7, 11) is 0. The maximum absolute atomic E-state index is 12.7. The molecular weight excluding hydrogens is 372 g/mol. The van der Waals surface area contributed by atoms with Gasteiger partial charge >= 0.3 is 5.97 Å². The monoisotopic (exact) mass is 396 g/mol. The van der Waals surface area contributed by atoms with Gasteiger partial charge in [-0.2, -0.15) is 5.10 Å². The van der Waals surface area contributed by atoms with Crippen LogP contribution in [0.15, 0.2) is 35.5 Å². The van der Waals surface area contributed by atoms with Gasteiger partial charge in [-0.05, 0) is 25.3 Å². The summed E-state index contributed by atoms with van der Waals surface area (Å²) in [5, 5.41) is 17.8. The summed E-state index contributed by atoms with van der Waals surface area (Å²) < 4.78 is 1.81. The van der Waals surface area contributed by atoms with Crippen molar-refractivity contribution in [2.45, 2.75) is 51.8 Å². The van der Waals surface area contributed by atoms with Crippen LogP contribution in [0.2, 0.25) is 0 Å². The van der Waals surface area contributed by atoms with E-state index in [-0.39, 0.29) is 18.1 Å². The minimum absolute atomic E-state index is 0.0389. The zero-order chi connectivity index (χ0) is 20.4. The highest BCUT2D eigenvalue weighted by Crippen LogP contribution is 2.25. The van der Waals surface area contributed by atoms with Crippen molar-refractivity contribution >= 4 is 17.6 Å². The van der Waals surface area contributed by atoms with Gasteiger partial charge in [-0.25, -0.2) is 4.79 Å². The van der Waals surface area contributed by atoms with Gasteiger partial charge in [0, 0.05) is 37.2 Å². The number of amides is 1. The molecule has 1 amide bonds. The lowest BCUT2D eigenvalue weighted by atomic mass is 10.0. The highest BCUT2D eigenvalue weighted by Gasteiger charge is 2.35. The van der Waals surface area contributed by atoms with Gasteiger partial charge < -0.3 is 14.8 Å². The van der Waals surface area contributed by atoms with Crippen LogP contribution in [0.1, 0.15) is 47.1 Å². The van der Waals surface area contributed by atoms with E-state index in [1.165, 1.54) is 5.56 Å². The summed E-state index contributed by atoms with van der Waals surface area (Å²) >= 11 is 0. The first-order chi connectivity index (χ1) is 14.0. The molecule has 2 aliphatic heterocycles. The second-order valence-corrected chi connectivity index (χ2v) is 7.53. The Labute approximate surface area is 168 Å². The van der Waals surface area contributed by atoms with Gasteiger partial charge in [-0.1, -0.05) is 35.5 Å². The number of fused-ring (bicyclic) bond motifs is 1. The molecule has 8 nitrogen and oxygen atoms in total. The zero-order valence-electron chi connectivity index (χ0n) is 16.4. The topological polar surface area (TPSA) is 97.0 Å². The van der Waals surface area contributed by atoms with Gasteiger partial charge in [0.2, 0.25) is 6.10 Å². The number of hydrogen-bond donors (Lipinski definition) is 1. The molecule has 2 aliphatic rings. The van der Waals surface area contributed by atoms with Crippen molar-refractivity contribution in [3.8, 4) is 0 Å². The Balaban J connectivity index is 1.47. The van der Waals surface area contributed by atoms with Crippen molar-refractivity contribution in [3.05, 3.63) is 52.8 Å². The molecule has 8 heteroatoms. The van der Waals surface area contributed by atoms with E-state index in [4.69, 9.17) is 4.84 Å². The lowest BCUT2D eigenvalue weighted by Gasteiger charge is -2.29. The molecule has 0 saturated heterocycles. The fraction of sp³-hybridized carbons (Fsp3) is 0.429. The van der Waals surface area contributed by atoms with Crippen LogP contribution in [0.25, 0.3) is 0 Å². The summed E-state index contributed by atoms with van der Waals surface area (Å²) in [5.41, 5.74) is 3.63. The van der Waals surface area contributed by atoms with E-state index in [2.05, 4.69) is 22.4 Å². The number of aryl methyl sites for hydroxylation is 2. The molecule has 0 fully saturated rings. The van der Waals surface area contributed by atoms with Gasteiger partial charge in [0.1, 0.15) is 0 Å². The van der Waals surface area contributed by atoms with E-state index < -0.39 is 12.1 Å². The number of benzene rings is 1. The average Bonchev–Trinajstić information content (AvgIpc) is 3.32. The van der Waals surface area contributed by atoms with Gasteiger partial charge in [-0.15, -0.1) is 0 Å². The maximum atomic E-state index is 12.7. The Hall–Kier alpha value is -3.16. The molecule has 1 N–H and O–H groups in total. The molecule has 0 radical (unpaired) electrons. The Morgan fingerprint density at radius 2 is 2.07 bits per heavy atom. The normalized spacial score (nSPS) is 18.2. The standard InChI is InChI=1S/C21H24N4O4/c1-14-12-18(29-23-14)20(26)24-11-9-17-16(13-24)19(21(27)28)22-25(17)10-5-8-15-6-3-2-4-7-15/h2-4,6-7,18H,5,8-13H2,1H3,(H,27,28)/t18-/m1/s1. The second kappa shape index (κ2) is 8.06. The smallest absolute Gasteiger partial charge is 0.356 e. The maximum Gasteiger partial charge on any atom is 0.356 e. The van der Waals surface area contributed by atoms with Crippen LogP contribution in [0, 0.1) is 0 Å². The third-order valence-electron chi connectivity index (χ3n) is 5.42. The number of oxime groups is 1. The summed E-state index contributed by atoms with van der Waals surface area (Å²) in [6, 6.07) is 10.2. The van der Waals surface area contributed by atoms with Crippen molar-refractivity contribution < 1.29 is 19.5 Å². The van der Waals surface area contributed by atoms with Gasteiger partial charge in [0.05, 0.1) is 12.3 Å². The van der Waals surface area contributed by atoms with Crippen molar-refractivity contribution in [1.82, 2.24) is 14.7 Å². The molecule has 1 aromatic carbocycles. The van der Waals surface area contributed by atoms with Crippen LogP contribution in [0.3, 0.4) is 0 Å². The van der Waals surface area contributed by atoms with E-state index in [0.29, 0.717) is 31.5 Å². The van der Waals surface area contributed by atoms with Crippen molar-refractivity contribution in [1.29, 1.82) is 0 Å². The third-order valence-corrected chi connectivity index (χ3v) is 5.42. The Kier molecular flexibility index (Phi) is 5.33. The number of carbonyl (C=O) groups excluding carboxylic acids is 1. The molecule has 0 unspecified atom stereocenters. The van der Waals surface area contributed by atoms with Crippen LogP contribution in [0.5, 0.6) is 0 Å². The number of nitrogens with zero attached hydrogens (tertiary/aromatic N) is 4. The number of hydrogen-bond acceptors (Lipinski definition) is 5. The van der Waals surface area contributed by atoms with E-state index in [1.807, 2.05) is 29.8 Å². The third kappa shape index (κ3) is 4.01. The van der Waals surface area contributed by atoms with Gasteiger partial charge in [-0.3, -0.25) is 9.48 Å². The fourth-order valence-corrected chi connectivity index (χ4v) is 3.95. The number of aromatic carboxylic acids is 1. The second-order valence-electron chi connectivity index (χ2n) is 7.53. The fourth-order valence-electron chi connectivity index (χ4n) is 3.95. The van der Waals surface area contributed by atoms with Gasteiger partial charge in [0.25, 0.3) is 5.91 Å². The summed E-state index contributed by atoms with van der Waals surface area (Å²) in [4.78, 5) is 31.3. The van der Waals surface area contributed by atoms with Crippen LogP contribution < -0.4 is 0 Å². The summed E-state index contributed by atoms with van der Waals surface area (Å²) in [6.45, 7) is 3.24. The minimum Gasteiger partial charge on any atom is -0.476 e. The highest BCUT2D eigenvalue weighted by atomic mass is 16.6. The highest BCUT2D eigenvalue weighted by molar-refractivity contribution is 5.92. The predicted octanol–water partition coefficient (Wildman–Crippen LogP) is 2.26. The SMILES string of the molecule is CC1=NO[C@@H](C(=O)N2CCc3c(c(C(=O)O)nn3CCCc3ccccc3)C2)C1. The summed E-state index contributed by atoms with van der Waals surface area (Å²) in [5.74, 6) is -1.21. The molecule has 152 valence electrons. The van der Waals surface area contributed by atoms with Crippen molar-refractivity contribution in [3.63, 3.8) is 0 Å². The minimum atomic E-state index is -1.06. The number of carbonyl (C=O) groups is 2. The molecule has 1 aromatic heterocycles. The van der Waals surface area contributed by atoms with Crippen molar-refractivity contribution in [2.24, 2.45) is 5.16 Å². The number of carboxylic acid groups (broad SMARTS) is 1.